The molecule has 1 atom stereocenters. The van der Waals surface area contributed by atoms with E-state index in [1.54, 1.807) is 24.3 Å². The first-order valence-electron chi connectivity index (χ1n) is 7.11. The van der Waals surface area contributed by atoms with Crippen LogP contribution in [0.3, 0.4) is 0 Å². The van der Waals surface area contributed by atoms with Gasteiger partial charge >= 0.3 is 0 Å². The predicted octanol–water partition coefficient (Wildman–Crippen LogP) is 3.02. The van der Waals surface area contributed by atoms with Crippen molar-refractivity contribution in [3.63, 3.8) is 0 Å². The zero-order valence-corrected chi connectivity index (χ0v) is 12.7. The van der Waals surface area contributed by atoms with Crippen molar-refractivity contribution in [2.24, 2.45) is 0 Å². The van der Waals surface area contributed by atoms with Gasteiger partial charge in [-0.25, -0.2) is 8.42 Å². The lowest BCUT2D eigenvalue weighted by Gasteiger charge is -2.16. The second-order valence-electron chi connectivity index (χ2n) is 4.83. The van der Waals surface area contributed by atoms with Crippen molar-refractivity contribution in [1.82, 2.24) is 5.32 Å². The molecule has 0 saturated carbocycles. The molecule has 0 radical (unpaired) electrons. The fourth-order valence-corrected chi connectivity index (χ4v) is 3.42. The maximum atomic E-state index is 12.1. The van der Waals surface area contributed by atoms with Gasteiger partial charge in [-0.05, 0) is 44.4 Å². The van der Waals surface area contributed by atoms with Gasteiger partial charge in [-0.2, -0.15) is 0 Å². The van der Waals surface area contributed by atoms with Crippen LogP contribution in [0.4, 0.5) is 0 Å². The highest BCUT2D eigenvalue weighted by Crippen LogP contribution is 2.13. The van der Waals surface area contributed by atoms with Gasteiger partial charge in [-0.15, -0.1) is 0 Å². The molecule has 0 fully saturated rings. The van der Waals surface area contributed by atoms with E-state index in [9.17, 15) is 8.42 Å². The molecular formula is C15H25NO2S. The Kier molecular flexibility index (Phi) is 7.10. The van der Waals surface area contributed by atoms with Crippen molar-refractivity contribution in [1.29, 1.82) is 0 Å². The highest BCUT2D eigenvalue weighted by Gasteiger charge is 2.14. The van der Waals surface area contributed by atoms with Crippen LogP contribution in [0.15, 0.2) is 35.2 Å². The molecular weight excluding hydrogens is 258 g/mol. The van der Waals surface area contributed by atoms with E-state index in [4.69, 9.17) is 0 Å². The molecule has 1 rings (SSSR count). The van der Waals surface area contributed by atoms with Gasteiger partial charge < -0.3 is 5.32 Å². The Labute approximate surface area is 117 Å². The maximum Gasteiger partial charge on any atom is 0.178 e. The summed E-state index contributed by atoms with van der Waals surface area (Å²) < 4.78 is 24.2. The van der Waals surface area contributed by atoms with Gasteiger partial charge in [0.05, 0.1) is 10.6 Å². The normalized spacial score (nSPS) is 13.4. The smallest absolute Gasteiger partial charge is 0.178 e. The molecule has 0 amide bonds. The number of hydrogen-bond acceptors (Lipinski definition) is 3. The minimum absolute atomic E-state index is 0.237. The SMILES string of the molecule is CCCNC(CC)CCCS(=O)(=O)c1ccccc1. The summed E-state index contributed by atoms with van der Waals surface area (Å²) in [7, 11) is -3.11. The molecule has 1 unspecified atom stereocenters. The second kappa shape index (κ2) is 8.33. The van der Waals surface area contributed by atoms with Crippen molar-refractivity contribution in [3.05, 3.63) is 30.3 Å². The molecule has 0 aliphatic carbocycles. The Bertz CT molecular complexity index is 442. The Hall–Kier alpha value is -0.870. The van der Waals surface area contributed by atoms with Crippen molar-refractivity contribution < 1.29 is 8.42 Å². The summed E-state index contributed by atoms with van der Waals surface area (Å²) >= 11 is 0. The number of sulfone groups is 1. The highest BCUT2D eigenvalue weighted by molar-refractivity contribution is 7.91. The van der Waals surface area contributed by atoms with Gasteiger partial charge in [0.2, 0.25) is 0 Å². The predicted molar refractivity (Wildman–Crippen MR) is 80.1 cm³/mol. The maximum absolute atomic E-state index is 12.1. The largest absolute Gasteiger partial charge is 0.314 e. The van der Waals surface area contributed by atoms with Crippen molar-refractivity contribution in [2.45, 2.75) is 50.5 Å². The third kappa shape index (κ3) is 5.74. The van der Waals surface area contributed by atoms with Crippen LogP contribution in [0.25, 0.3) is 0 Å². The fourth-order valence-electron chi connectivity index (χ4n) is 2.06. The number of hydrogen-bond donors (Lipinski definition) is 1. The molecule has 0 aromatic heterocycles. The van der Waals surface area contributed by atoms with Crippen LogP contribution in [-0.2, 0) is 9.84 Å². The van der Waals surface area contributed by atoms with Crippen LogP contribution in [0.1, 0.15) is 39.5 Å². The van der Waals surface area contributed by atoms with Crippen LogP contribution in [0.5, 0.6) is 0 Å². The summed E-state index contributed by atoms with van der Waals surface area (Å²) in [5.74, 6) is 0.237. The Morgan fingerprint density at radius 1 is 1.16 bits per heavy atom. The molecule has 0 heterocycles. The van der Waals surface area contributed by atoms with Crippen molar-refractivity contribution in [2.75, 3.05) is 12.3 Å². The van der Waals surface area contributed by atoms with E-state index in [1.165, 1.54) is 0 Å². The van der Waals surface area contributed by atoms with Gasteiger partial charge in [0.1, 0.15) is 0 Å². The molecule has 0 aliphatic rings. The first-order valence-corrected chi connectivity index (χ1v) is 8.76. The molecule has 0 spiro atoms. The summed E-state index contributed by atoms with van der Waals surface area (Å²) in [6, 6.07) is 9.14. The summed E-state index contributed by atoms with van der Waals surface area (Å²) in [4.78, 5) is 0.435. The molecule has 1 aromatic rings. The minimum Gasteiger partial charge on any atom is -0.314 e. The average molecular weight is 283 g/mol. The van der Waals surface area contributed by atoms with Crippen LogP contribution >= 0.6 is 0 Å². The number of rotatable bonds is 9. The van der Waals surface area contributed by atoms with Crippen LogP contribution in [0, 0.1) is 0 Å². The van der Waals surface area contributed by atoms with E-state index in [0.29, 0.717) is 17.4 Å². The zero-order chi connectivity index (χ0) is 14.1. The molecule has 108 valence electrons. The standard InChI is InChI=1S/C15H25NO2S/c1-3-12-16-14(4-2)9-8-13-19(17,18)15-10-6-5-7-11-15/h5-7,10-11,14,16H,3-4,8-9,12-13H2,1-2H3. The zero-order valence-electron chi connectivity index (χ0n) is 11.9. The van der Waals surface area contributed by atoms with Crippen LogP contribution in [-0.4, -0.2) is 26.8 Å². The monoisotopic (exact) mass is 283 g/mol. The fraction of sp³-hybridized carbons (Fsp3) is 0.600. The Morgan fingerprint density at radius 2 is 1.84 bits per heavy atom. The van der Waals surface area contributed by atoms with E-state index in [2.05, 4.69) is 19.2 Å². The third-order valence-electron chi connectivity index (χ3n) is 3.24. The molecule has 3 nitrogen and oxygen atoms in total. The summed E-state index contributed by atoms with van der Waals surface area (Å²) in [6.45, 7) is 5.28. The van der Waals surface area contributed by atoms with Gasteiger partial charge in [-0.3, -0.25) is 0 Å². The summed E-state index contributed by atoms with van der Waals surface area (Å²) in [5.41, 5.74) is 0. The third-order valence-corrected chi connectivity index (χ3v) is 5.06. The van der Waals surface area contributed by atoms with Crippen molar-refractivity contribution in [3.8, 4) is 0 Å². The van der Waals surface area contributed by atoms with E-state index >= 15 is 0 Å². The van der Waals surface area contributed by atoms with Crippen LogP contribution in [0.2, 0.25) is 0 Å². The lowest BCUT2D eigenvalue weighted by atomic mass is 10.1. The summed E-state index contributed by atoms with van der Waals surface area (Å²) in [5, 5.41) is 3.45. The van der Waals surface area contributed by atoms with E-state index in [1.807, 2.05) is 6.07 Å². The first kappa shape index (κ1) is 16.2. The van der Waals surface area contributed by atoms with Gasteiger partial charge in [0.25, 0.3) is 0 Å². The number of benzene rings is 1. The summed E-state index contributed by atoms with van der Waals surface area (Å²) in [6.07, 6.45) is 3.79. The molecule has 1 aromatic carbocycles. The lowest BCUT2D eigenvalue weighted by Crippen LogP contribution is -2.29. The molecule has 0 bridgehead atoms. The van der Waals surface area contributed by atoms with Crippen LogP contribution < -0.4 is 5.32 Å². The Morgan fingerprint density at radius 3 is 2.42 bits per heavy atom. The molecule has 1 N–H and O–H groups in total. The molecule has 4 heteroatoms. The quantitative estimate of drug-likeness (QED) is 0.758. The highest BCUT2D eigenvalue weighted by atomic mass is 32.2. The Balaban J connectivity index is 2.43. The lowest BCUT2D eigenvalue weighted by molar-refractivity contribution is 0.463. The second-order valence-corrected chi connectivity index (χ2v) is 6.94. The number of nitrogens with one attached hydrogen (secondary N) is 1. The van der Waals surface area contributed by atoms with Gasteiger partial charge in [0.15, 0.2) is 9.84 Å². The van der Waals surface area contributed by atoms with Crippen molar-refractivity contribution >= 4 is 9.84 Å². The molecule has 19 heavy (non-hydrogen) atoms. The van der Waals surface area contributed by atoms with E-state index in [-0.39, 0.29) is 5.75 Å². The first-order chi connectivity index (χ1) is 9.10. The van der Waals surface area contributed by atoms with E-state index < -0.39 is 9.84 Å². The van der Waals surface area contributed by atoms with Gasteiger partial charge in [0, 0.05) is 6.04 Å². The molecule has 0 saturated heterocycles. The average Bonchev–Trinajstić information content (AvgIpc) is 2.43. The minimum atomic E-state index is -3.11. The van der Waals surface area contributed by atoms with Gasteiger partial charge in [-0.1, -0.05) is 32.0 Å². The topological polar surface area (TPSA) is 46.2 Å². The van der Waals surface area contributed by atoms with E-state index in [0.717, 1.165) is 25.8 Å². The molecule has 0 aliphatic heterocycles.